The number of fused-ring (bicyclic) bond motifs is 2. The number of amides is 2. The maximum atomic E-state index is 17.1. The van der Waals surface area contributed by atoms with Gasteiger partial charge in [0.2, 0.25) is 11.8 Å². The number of imide groups is 1. The minimum absolute atomic E-state index is 0.00900. The van der Waals surface area contributed by atoms with Crippen molar-refractivity contribution in [1.29, 1.82) is 0 Å². The first-order valence-corrected chi connectivity index (χ1v) is 26.4. The van der Waals surface area contributed by atoms with E-state index in [1.807, 2.05) is 6.92 Å². The van der Waals surface area contributed by atoms with Crippen LogP contribution in [0, 0.1) is 45.4 Å². The van der Waals surface area contributed by atoms with E-state index in [0.29, 0.717) is 69.2 Å². The third-order valence-corrected chi connectivity index (χ3v) is 18.1. The number of nitrogens with one attached hydrogen (secondary N) is 1. The highest BCUT2D eigenvalue weighted by atomic mass is 19.1. The molecule has 3 aromatic carbocycles. The van der Waals surface area contributed by atoms with E-state index < -0.39 is 41.0 Å². The standard InChI is InChI=1S/C56H64F4N8O4/c1-3-38-42(57)8-6-34-21-37(69)24-40(46(34)38)49-48(60)50-41(27-61-49)51(67-16-4-5-33(2)28-67)64-53(63-50)72-32-56(10-11-56)29-65-17-12-54(13-18-65)25-36(26-54)68-30-55(31-68)14-19-66(20-15-55)35-22-43(58)47(44(59)23-35)39-7-9-45(70)62-52(39)71/h6,8,21-24,27,33,36,39,69H,3-5,7,9-20,25-26,28-32H2,1-2H3,(H,62,70,71)/t33-,39?/m0/s1. The molecule has 2 saturated carbocycles. The first-order valence-electron chi connectivity index (χ1n) is 26.4. The molecule has 2 aliphatic carbocycles. The van der Waals surface area contributed by atoms with Crippen LogP contribution in [0.25, 0.3) is 32.9 Å². The lowest BCUT2D eigenvalue weighted by Crippen LogP contribution is -2.67. The number of aromatic nitrogens is 3. The van der Waals surface area contributed by atoms with Crippen LogP contribution in [0.1, 0.15) is 108 Å². The van der Waals surface area contributed by atoms with Gasteiger partial charge in [-0.15, -0.1) is 0 Å². The molecular formula is C56H64F4N8O4. The first kappa shape index (κ1) is 47.4. The van der Waals surface area contributed by atoms with Crippen LogP contribution in [-0.2, 0) is 16.0 Å². The number of benzene rings is 3. The largest absolute Gasteiger partial charge is 0.508 e. The zero-order valence-corrected chi connectivity index (χ0v) is 41.4. The number of aryl methyl sites for hydroxylation is 1. The minimum atomic E-state index is -1.000. The lowest BCUT2D eigenvalue weighted by atomic mass is 9.58. The number of ether oxygens (including phenoxy) is 1. The Morgan fingerprint density at radius 1 is 0.847 bits per heavy atom. The SMILES string of the molecule is CCc1c(F)ccc2cc(O)cc(-c3ncc4c(N5CCC[C@H](C)C5)nc(OCC5(CN6CCC7(CC6)CC(N6CC8(CCN(c9cc(F)c(C%10CCC(=O)NC%10=O)c(F)c9)CC8)C6)C7)CC5)nc4c3F)c12. The number of hydrogen-bond acceptors (Lipinski definition) is 11. The van der Waals surface area contributed by atoms with Crippen LogP contribution in [0.15, 0.2) is 42.6 Å². The normalized spacial score (nSPS) is 24.2. The molecule has 380 valence electrons. The number of aromatic hydroxyl groups is 1. The lowest BCUT2D eigenvalue weighted by Gasteiger charge is -2.63. The molecule has 72 heavy (non-hydrogen) atoms. The summed E-state index contributed by atoms with van der Waals surface area (Å²) >= 11 is 0. The van der Waals surface area contributed by atoms with Crippen LogP contribution in [0.4, 0.5) is 29.1 Å². The van der Waals surface area contributed by atoms with E-state index in [2.05, 4.69) is 36.8 Å². The molecule has 2 atom stereocenters. The maximum absolute atomic E-state index is 17.1. The predicted molar refractivity (Wildman–Crippen MR) is 267 cm³/mol. The van der Waals surface area contributed by atoms with Crippen LogP contribution in [0.5, 0.6) is 11.8 Å². The van der Waals surface area contributed by atoms with E-state index >= 15 is 17.6 Å². The van der Waals surface area contributed by atoms with Crippen molar-refractivity contribution in [3.8, 4) is 23.0 Å². The number of nitrogens with zero attached hydrogens (tertiary/aromatic N) is 7. The van der Waals surface area contributed by atoms with Crippen LogP contribution in [0.3, 0.4) is 0 Å². The number of rotatable bonds is 11. The van der Waals surface area contributed by atoms with Gasteiger partial charge < -0.3 is 24.5 Å². The van der Waals surface area contributed by atoms with Gasteiger partial charge >= 0.3 is 6.01 Å². The topological polar surface area (TPSA) is 127 Å². The third kappa shape index (κ3) is 8.61. The molecule has 5 aliphatic heterocycles. The number of piperidine rings is 4. The molecule has 2 aromatic heterocycles. The van der Waals surface area contributed by atoms with E-state index in [9.17, 15) is 14.7 Å². The molecule has 1 unspecified atom stereocenters. The first-order chi connectivity index (χ1) is 34.7. The van der Waals surface area contributed by atoms with E-state index in [1.165, 1.54) is 49.9 Å². The lowest BCUT2D eigenvalue weighted by molar-refractivity contribution is -0.134. The fourth-order valence-corrected chi connectivity index (χ4v) is 13.6. The van der Waals surface area contributed by atoms with E-state index in [4.69, 9.17) is 14.7 Å². The molecule has 12 rings (SSSR count). The van der Waals surface area contributed by atoms with Crippen molar-refractivity contribution < 1.29 is 37.0 Å². The molecule has 0 bridgehead atoms. The molecule has 2 N–H and O–H groups in total. The number of hydrogen-bond donors (Lipinski definition) is 2. The Morgan fingerprint density at radius 3 is 2.28 bits per heavy atom. The Bertz CT molecular complexity index is 2950. The summed E-state index contributed by atoms with van der Waals surface area (Å²) in [4.78, 5) is 47.8. The quantitative estimate of drug-likeness (QED) is 0.0971. The number of anilines is 2. The van der Waals surface area contributed by atoms with Crippen molar-refractivity contribution in [3.05, 3.63) is 77.0 Å². The monoisotopic (exact) mass is 988 g/mol. The molecule has 2 amide bonds. The van der Waals surface area contributed by atoms with Crippen molar-refractivity contribution in [2.75, 3.05) is 75.3 Å². The van der Waals surface area contributed by atoms with Gasteiger partial charge in [0, 0.05) is 86.7 Å². The van der Waals surface area contributed by atoms with E-state index in [-0.39, 0.29) is 52.2 Å². The molecule has 7 aliphatic rings. The number of carbonyl (C=O) groups excluding carboxylic acids is 2. The average Bonchev–Trinajstić information content (AvgIpc) is 4.11. The van der Waals surface area contributed by atoms with Crippen LogP contribution >= 0.6 is 0 Å². The van der Waals surface area contributed by atoms with Gasteiger partial charge in [-0.25, -0.2) is 17.6 Å². The second-order valence-electron chi connectivity index (χ2n) is 23.0. The summed E-state index contributed by atoms with van der Waals surface area (Å²) in [6.07, 6.45) is 13.1. The van der Waals surface area contributed by atoms with E-state index in [1.54, 1.807) is 18.3 Å². The number of carbonyl (C=O) groups is 2. The maximum Gasteiger partial charge on any atom is 0.319 e. The van der Waals surface area contributed by atoms with Gasteiger partial charge in [0.05, 0.1) is 17.9 Å². The molecule has 2 spiro atoms. The van der Waals surface area contributed by atoms with Crippen molar-refractivity contribution >= 4 is 45.0 Å². The Morgan fingerprint density at radius 2 is 1.58 bits per heavy atom. The zero-order chi connectivity index (χ0) is 49.7. The van der Waals surface area contributed by atoms with Crippen LogP contribution < -0.4 is 19.9 Å². The summed E-state index contributed by atoms with van der Waals surface area (Å²) in [5.74, 6) is -3.59. The number of phenols is 1. The number of pyridine rings is 1. The zero-order valence-electron chi connectivity index (χ0n) is 41.4. The Hall–Kier alpha value is -5.61. The van der Waals surface area contributed by atoms with Gasteiger partial charge in [0.15, 0.2) is 5.82 Å². The fraction of sp³-hybridized carbons (Fsp3) is 0.554. The van der Waals surface area contributed by atoms with Crippen molar-refractivity contribution in [3.63, 3.8) is 0 Å². The van der Waals surface area contributed by atoms with Crippen LogP contribution in [0.2, 0.25) is 0 Å². The smallest absolute Gasteiger partial charge is 0.319 e. The molecule has 5 saturated heterocycles. The molecule has 5 aromatic rings. The van der Waals surface area contributed by atoms with Gasteiger partial charge in [-0.1, -0.05) is 19.9 Å². The van der Waals surface area contributed by atoms with Gasteiger partial charge in [-0.05, 0) is 154 Å². The highest BCUT2D eigenvalue weighted by Crippen LogP contribution is 2.56. The Balaban J connectivity index is 0.661. The number of phenolic OH excluding ortho intramolecular Hbond substituents is 1. The van der Waals surface area contributed by atoms with Gasteiger partial charge in [0.25, 0.3) is 0 Å². The minimum Gasteiger partial charge on any atom is -0.508 e. The Labute approximate surface area is 417 Å². The summed E-state index contributed by atoms with van der Waals surface area (Å²) in [6, 6.07) is 9.44. The van der Waals surface area contributed by atoms with Crippen molar-refractivity contribution in [1.82, 2.24) is 30.1 Å². The summed E-state index contributed by atoms with van der Waals surface area (Å²) in [6.45, 7) is 12.7. The van der Waals surface area contributed by atoms with Crippen LogP contribution in [-0.4, -0.2) is 113 Å². The van der Waals surface area contributed by atoms with E-state index in [0.717, 1.165) is 97.4 Å². The highest BCUT2D eigenvalue weighted by molar-refractivity contribution is 6.02. The second kappa shape index (κ2) is 18.1. The number of halogens is 4. The fourth-order valence-electron chi connectivity index (χ4n) is 13.6. The molecule has 7 fully saturated rings. The third-order valence-electron chi connectivity index (χ3n) is 18.1. The van der Waals surface area contributed by atoms with Gasteiger partial charge in [0.1, 0.15) is 40.2 Å². The summed E-state index contributed by atoms with van der Waals surface area (Å²) < 4.78 is 69.5. The molecular weight excluding hydrogens is 925 g/mol. The molecule has 0 radical (unpaired) electrons. The highest BCUT2D eigenvalue weighted by Gasteiger charge is 2.55. The summed E-state index contributed by atoms with van der Waals surface area (Å²) in [5.41, 5.74) is 1.71. The van der Waals surface area contributed by atoms with Crippen molar-refractivity contribution in [2.45, 2.75) is 109 Å². The second-order valence-corrected chi connectivity index (χ2v) is 23.0. The molecule has 16 heteroatoms. The average molecular weight is 989 g/mol. The summed E-state index contributed by atoms with van der Waals surface area (Å²) in [5, 5.41) is 14.6. The van der Waals surface area contributed by atoms with Gasteiger partial charge in [-0.2, -0.15) is 9.97 Å². The van der Waals surface area contributed by atoms with Crippen molar-refractivity contribution in [2.24, 2.45) is 22.2 Å². The predicted octanol–water partition coefficient (Wildman–Crippen LogP) is 9.43. The molecule has 7 heterocycles. The Kier molecular flexibility index (Phi) is 11.9. The molecule has 12 nitrogen and oxygen atoms in total. The summed E-state index contributed by atoms with van der Waals surface area (Å²) in [7, 11) is 0. The number of likely N-dealkylation sites (tertiary alicyclic amines) is 2. The van der Waals surface area contributed by atoms with Gasteiger partial charge in [-0.3, -0.25) is 24.8 Å².